The molecule has 3 N–H and O–H groups in total. The van der Waals surface area contributed by atoms with E-state index in [0.717, 1.165) is 6.42 Å². The lowest BCUT2D eigenvalue weighted by atomic mass is 9.74. The predicted molar refractivity (Wildman–Crippen MR) is 135 cm³/mol. The first kappa shape index (κ1) is 29.5. The van der Waals surface area contributed by atoms with Crippen LogP contribution in [0, 0.1) is 29.6 Å². The number of hydrogen-bond donors (Lipinski definition) is 3. The van der Waals surface area contributed by atoms with Gasteiger partial charge in [-0.15, -0.1) is 0 Å². The minimum Gasteiger partial charge on any atom is -0.392 e. The highest BCUT2D eigenvalue weighted by Crippen LogP contribution is 2.47. The first-order valence-corrected chi connectivity index (χ1v) is 13.0. The standard InChI is InChI=1S/C28H50O6/c1-11-16(4)12-17(5)25(31)21(9)27-19(7)22(32-10)14-28(34-27)23(29)13-18(6)26(33-28)20(8)24(30)15(2)3/h11,17-27,29-31H,2,12-14H2,1,3-10H3/b16-11+/t17-,18-,19+,20-,21+,22+,23-,24-,25-,26-,27-,28+/m0/s1. The fourth-order valence-corrected chi connectivity index (χ4v) is 6.04. The topological polar surface area (TPSA) is 88.4 Å². The fourth-order valence-electron chi connectivity index (χ4n) is 6.04. The van der Waals surface area contributed by atoms with Crippen LogP contribution in [0.1, 0.15) is 74.7 Å². The number of aliphatic hydroxyl groups excluding tert-OH is 3. The zero-order chi connectivity index (χ0) is 26.0. The van der Waals surface area contributed by atoms with Gasteiger partial charge >= 0.3 is 0 Å². The third-order valence-electron chi connectivity index (χ3n) is 8.53. The number of hydrogen-bond acceptors (Lipinski definition) is 6. The van der Waals surface area contributed by atoms with Gasteiger partial charge in [0.15, 0.2) is 5.79 Å². The molecule has 2 fully saturated rings. The van der Waals surface area contributed by atoms with Gasteiger partial charge in [-0.05, 0) is 45.4 Å². The highest BCUT2D eigenvalue weighted by Gasteiger charge is 2.57. The summed E-state index contributed by atoms with van der Waals surface area (Å²) in [4.78, 5) is 0. The van der Waals surface area contributed by atoms with Crippen molar-refractivity contribution in [2.75, 3.05) is 7.11 Å². The molecule has 0 aromatic rings. The molecule has 0 amide bonds. The highest BCUT2D eigenvalue weighted by molar-refractivity contribution is 5.05. The van der Waals surface area contributed by atoms with Crippen molar-refractivity contribution in [2.45, 2.75) is 117 Å². The second kappa shape index (κ2) is 12.0. The molecule has 2 rings (SSSR count). The Morgan fingerprint density at radius 2 is 1.71 bits per heavy atom. The fraction of sp³-hybridized carbons (Fsp3) is 0.857. The van der Waals surface area contributed by atoms with E-state index in [4.69, 9.17) is 14.2 Å². The molecular formula is C28H50O6. The Balaban J connectivity index is 2.34. The van der Waals surface area contributed by atoms with E-state index < -0.39 is 24.1 Å². The van der Waals surface area contributed by atoms with Crippen molar-refractivity contribution in [3.05, 3.63) is 23.8 Å². The Kier molecular flexibility index (Phi) is 10.4. The summed E-state index contributed by atoms with van der Waals surface area (Å²) in [5.74, 6) is -1.51. The minimum atomic E-state index is -1.24. The van der Waals surface area contributed by atoms with Gasteiger partial charge in [0.05, 0.1) is 30.5 Å². The van der Waals surface area contributed by atoms with Gasteiger partial charge in [-0.25, -0.2) is 0 Å². The van der Waals surface area contributed by atoms with Crippen LogP contribution < -0.4 is 0 Å². The molecule has 0 aromatic carbocycles. The molecule has 2 aliphatic heterocycles. The molecule has 12 atom stereocenters. The molecule has 6 nitrogen and oxygen atoms in total. The van der Waals surface area contributed by atoms with E-state index in [2.05, 4.69) is 33.4 Å². The van der Waals surface area contributed by atoms with E-state index in [1.807, 2.05) is 34.6 Å². The Labute approximate surface area is 207 Å². The smallest absolute Gasteiger partial charge is 0.197 e. The minimum absolute atomic E-state index is 0.0160. The summed E-state index contributed by atoms with van der Waals surface area (Å²) in [7, 11) is 1.68. The van der Waals surface area contributed by atoms with Crippen LogP contribution in [0.15, 0.2) is 23.8 Å². The molecule has 6 heteroatoms. The molecular weight excluding hydrogens is 432 g/mol. The van der Waals surface area contributed by atoms with Crippen LogP contribution in [0.4, 0.5) is 0 Å². The van der Waals surface area contributed by atoms with Crippen molar-refractivity contribution >= 4 is 0 Å². The van der Waals surface area contributed by atoms with E-state index in [-0.39, 0.29) is 47.9 Å². The van der Waals surface area contributed by atoms with Gasteiger partial charge in [0, 0.05) is 31.3 Å². The van der Waals surface area contributed by atoms with Crippen molar-refractivity contribution in [3.8, 4) is 0 Å². The molecule has 0 aliphatic carbocycles. The van der Waals surface area contributed by atoms with E-state index in [1.54, 1.807) is 7.11 Å². The molecule has 0 saturated carbocycles. The summed E-state index contributed by atoms with van der Waals surface area (Å²) < 4.78 is 19.2. The molecule has 2 saturated heterocycles. The van der Waals surface area contributed by atoms with E-state index in [9.17, 15) is 15.3 Å². The molecule has 2 heterocycles. The number of methoxy groups -OCH3 is 1. The number of rotatable bonds is 9. The summed E-state index contributed by atoms with van der Waals surface area (Å²) >= 11 is 0. The summed E-state index contributed by atoms with van der Waals surface area (Å²) in [6, 6.07) is 0. The van der Waals surface area contributed by atoms with Crippen LogP contribution in [0.25, 0.3) is 0 Å². The second-order valence-corrected chi connectivity index (χ2v) is 11.4. The lowest BCUT2D eigenvalue weighted by Crippen LogP contribution is -2.65. The van der Waals surface area contributed by atoms with Crippen LogP contribution in [0.2, 0.25) is 0 Å². The zero-order valence-electron chi connectivity index (χ0n) is 22.8. The highest BCUT2D eigenvalue weighted by atomic mass is 16.7. The van der Waals surface area contributed by atoms with E-state index in [0.29, 0.717) is 18.4 Å². The van der Waals surface area contributed by atoms with Gasteiger partial charge in [-0.1, -0.05) is 58.4 Å². The predicted octanol–water partition coefficient (Wildman–Crippen LogP) is 4.47. The maximum atomic E-state index is 11.2. The van der Waals surface area contributed by atoms with Crippen molar-refractivity contribution in [1.29, 1.82) is 0 Å². The van der Waals surface area contributed by atoms with Crippen molar-refractivity contribution in [2.24, 2.45) is 29.6 Å². The summed E-state index contributed by atoms with van der Waals surface area (Å²) in [5.41, 5.74) is 1.94. The SMILES string of the molecule is C=C(C)[C@H](O)[C@H](C)[C@H]1O[C@@]2(C[C@@H](OC)[C@@H](C)[C@@H]([C@H](C)[C@@H](O)[C@@H](C)C/C(C)=C/C)O2)[C@@H](O)C[C@@H]1C. The van der Waals surface area contributed by atoms with Gasteiger partial charge in [-0.3, -0.25) is 0 Å². The lowest BCUT2D eigenvalue weighted by molar-refractivity contribution is -0.390. The molecule has 0 radical (unpaired) electrons. The average molecular weight is 483 g/mol. The van der Waals surface area contributed by atoms with Gasteiger partial charge in [-0.2, -0.15) is 0 Å². The Morgan fingerprint density at radius 1 is 1.12 bits per heavy atom. The van der Waals surface area contributed by atoms with Gasteiger partial charge < -0.3 is 29.5 Å². The summed E-state index contributed by atoms with van der Waals surface area (Å²) in [6.07, 6.45) is 0.849. The summed E-state index contributed by atoms with van der Waals surface area (Å²) in [6.45, 7) is 20.0. The van der Waals surface area contributed by atoms with Crippen LogP contribution in [-0.4, -0.2) is 64.8 Å². The Hall–Kier alpha value is -0.760. The maximum Gasteiger partial charge on any atom is 0.197 e. The van der Waals surface area contributed by atoms with Gasteiger partial charge in [0.25, 0.3) is 0 Å². The van der Waals surface area contributed by atoms with Crippen LogP contribution >= 0.6 is 0 Å². The largest absolute Gasteiger partial charge is 0.392 e. The molecule has 198 valence electrons. The maximum absolute atomic E-state index is 11.2. The number of aliphatic hydroxyl groups is 3. The molecule has 0 aromatic heterocycles. The van der Waals surface area contributed by atoms with Crippen LogP contribution in [-0.2, 0) is 14.2 Å². The number of ether oxygens (including phenoxy) is 3. The first-order chi connectivity index (χ1) is 15.8. The lowest BCUT2D eigenvalue weighted by Gasteiger charge is -2.56. The van der Waals surface area contributed by atoms with Crippen molar-refractivity contribution < 1.29 is 29.5 Å². The van der Waals surface area contributed by atoms with Gasteiger partial charge in [0.1, 0.15) is 6.10 Å². The monoisotopic (exact) mass is 482 g/mol. The van der Waals surface area contributed by atoms with Crippen LogP contribution in [0.5, 0.6) is 0 Å². The van der Waals surface area contributed by atoms with E-state index in [1.165, 1.54) is 5.57 Å². The number of allylic oxidation sites excluding steroid dienone is 2. The first-order valence-electron chi connectivity index (χ1n) is 13.0. The molecule has 0 bridgehead atoms. The summed E-state index contributed by atoms with van der Waals surface area (Å²) in [5, 5.41) is 33.2. The molecule has 1 spiro atoms. The quantitative estimate of drug-likeness (QED) is 0.420. The normalized spacial score (nSPS) is 39.4. The van der Waals surface area contributed by atoms with Crippen molar-refractivity contribution in [3.63, 3.8) is 0 Å². The van der Waals surface area contributed by atoms with Gasteiger partial charge in [0.2, 0.25) is 0 Å². The second-order valence-electron chi connectivity index (χ2n) is 11.4. The average Bonchev–Trinajstić information content (AvgIpc) is 2.80. The third-order valence-corrected chi connectivity index (χ3v) is 8.53. The zero-order valence-corrected chi connectivity index (χ0v) is 22.8. The van der Waals surface area contributed by atoms with E-state index >= 15 is 0 Å². The Morgan fingerprint density at radius 3 is 2.24 bits per heavy atom. The Bertz CT molecular complexity index is 707. The van der Waals surface area contributed by atoms with Crippen LogP contribution in [0.3, 0.4) is 0 Å². The van der Waals surface area contributed by atoms with Crippen molar-refractivity contribution in [1.82, 2.24) is 0 Å². The molecule has 34 heavy (non-hydrogen) atoms. The third kappa shape index (κ3) is 6.13. The molecule has 2 aliphatic rings. The molecule has 0 unspecified atom stereocenters.